The minimum atomic E-state index is -0.239. The van der Waals surface area contributed by atoms with E-state index in [1.807, 2.05) is 19.1 Å². The summed E-state index contributed by atoms with van der Waals surface area (Å²) in [7, 11) is 0. The first kappa shape index (κ1) is 18.9. The van der Waals surface area contributed by atoms with Gasteiger partial charge >= 0.3 is 5.97 Å². The highest BCUT2D eigenvalue weighted by Crippen LogP contribution is 2.58. The van der Waals surface area contributed by atoms with Crippen LogP contribution in [0.2, 0.25) is 0 Å². The molecular formula is C27H26FNO2. The monoisotopic (exact) mass is 415 g/mol. The summed E-state index contributed by atoms with van der Waals surface area (Å²) in [5.41, 5.74) is 5.61. The van der Waals surface area contributed by atoms with E-state index in [-0.39, 0.29) is 23.7 Å². The Morgan fingerprint density at radius 3 is 2.55 bits per heavy atom. The Kier molecular flexibility index (Phi) is 4.31. The molecule has 4 aliphatic rings. The second kappa shape index (κ2) is 7.08. The van der Waals surface area contributed by atoms with Gasteiger partial charge in [0.25, 0.3) is 0 Å². The van der Waals surface area contributed by atoms with Crippen molar-refractivity contribution in [2.24, 2.45) is 11.8 Å². The van der Waals surface area contributed by atoms with Gasteiger partial charge in [0.1, 0.15) is 5.82 Å². The zero-order valence-electron chi connectivity index (χ0n) is 17.6. The van der Waals surface area contributed by atoms with Gasteiger partial charge in [0, 0.05) is 24.1 Å². The molecule has 4 heteroatoms. The molecule has 0 unspecified atom stereocenters. The Hall–Kier alpha value is -2.88. The summed E-state index contributed by atoms with van der Waals surface area (Å²) in [4.78, 5) is 15.3. The zero-order valence-corrected chi connectivity index (χ0v) is 17.6. The highest BCUT2D eigenvalue weighted by molar-refractivity contribution is 5.92. The number of rotatable bonds is 3. The van der Waals surface area contributed by atoms with Gasteiger partial charge in [0.05, 0.1) is 18.2 Å². The summed E-state index contributed by atoms with van der Waals surface area (Å²) in [6.07, 6.45) is 11.2. The third-order valence-corrected chi connectivity index (χ3v) is 7.57. The lowest BCUT2D eigenvalue weighted by Crippen LogP contribution is -2.46. The molecule has 0 radical (unpaired) electrons. The third kappa shape index (κ3) is 2.80. The van der Waals surface area contributed by atoms with Gasteiger partial charge in [-0.15, -0.1) is 0 Å². The fourth-order valence-corrected chi connectivity index (χ4v) is 6.35. The Labute approximate surface area is 182 Å². The number of ether oxygens (including phenoxy) is 1. The van der Waals surface area contributed by atoms with Crippen molar-refractivity contribution < 1.29 is 13.9 Å². The molecule has 158 valence electrons. The maximum atomic E-state index is 13.7. The zero-order chi connectivity index (χ0) is 21.1. The lowest BCUT2D eigenvalue weighted by molar-refractivity contribution is 0.0526. The Balaban J connectivity index is 1.56. The number of halogens is 1. The topological polar surface area (TPSA) is 29.5 Å². The van der Waals surface area contributed by atoms with Crippen molar-refractivity contribution in [1.82, 2.24) is 0 Å². The number of benzene rings is 2. The van der Waals surface area contributed by atoms with Crippen LogP contribution < -0.4 is 4.90 Å². The summed E-state index contributed by atoms with van der Waals surface area (Å²) in [5, 5.41) is 0. The molecular weight excluding hydrogens is 389 g/mol. The molecule has 0 amide bonds. The van der Waals surface area contributed by atoms with E-state index in [1.54, 1.807) is 12.1 Å². The number of carbonyl (C=O) groups excluding carboxylic acids is 1. The maximum absolute atomic E-state index is 13.7. The number of hydrogen-bond donors (Lipinski definition) is 0. The van der Waals surface area contributed by atoms with Crippen LogP contribution in [0.1, 0.15) is 64.7 Å². The van der Waals surface area contributed by atoms with E-state index in [0.29, 0.717) is 29.9 Å². The van der Waals surface area contributed by atoms with Crippen molar-refractivity contribution in [2.45, 2.75) is 37.6 Å². The van der Waals surface area contributed by atoms with Crippen molar-refractivity contribution in [1.29, 1.82) is 0 Å². The minimum Gasteiger partial charge on any atom is -0.462 e. The highest BCUT2D eigenvalue weighted by atomic mass is 19.1. The van der Waals surface area contributed by atoms with Crippen LogP contribution in [-0.4, -0.2) is 19.1 Å². The lowest BCUT2D eigenvalue weighted by Gasteiger charge is -2.51. The van der Waals surface area contributed by atoms with Gasteiger partial charge in [-0.05, 0) is 72.6 Å². The first-order chi connectivity index (χ1) is 15.2. The second-order valence-corrected chi connectivity index (χ2v) is 9.18. The molecule has 0 N–H and O–H groups in total. The number of anilines is 1. The van der Waals surface area contributed by atoms with E-state index in [9.17, 15) is 9.18 Å². The van der Waals surface area contributed by atoms with Crippen molar-refractivity contribution in [3.05, 3.63) is 88.8 Å². The predicted molar refractivity (Wildman–Crippen MR) is 119 cm³/mol. The van der Waals surface area contributed by atoms with Crippen LogP contribution >= 0.6 is 0 Å². The molecule has 0 saturated heterocycles. The van der Waals surface area contributed by atoms with Crippen molar-refractivity contribution in [3.63, 3.8) is 0 Å². The van der Waals surface area contributed by atoms with Gasteiger partial charge in [-0.2, -0.15) is 0 Å². The van der Waals surface area contributed by atoms with E-state index >= 15 is 0 Å². The molecule has 6 rings (SSSR count). The maximum Gasteiger partial charge on any atom is 0.338 e. The molecule has 0 bridgehead atoms. The van der Waals surface area contributed by atoms with E-state index in [4.69, 9.17) is 4.74 Å². The van der Waals surface area contributed by atoms with Crippen LogP contribution in [0.5, 0.6) is 0 Å². The summed E-state index contributed by atoms with van der Waals surface area (Å²) >= 11 is 0. The molecule has 0 saturated carbocycles. The highest BCUT2D eigenvalue weighted by Gasteiger charge is 2.48. The normalized spacial score (nSPS) is 29.5. The van der Waals surface area contributed by atoms with Gasteiger partial charge in [-0.1, -0.05) is 36.4 Å². The van der Waals surface area contributed by atoms with Crippen LogP contribution in [0, 0.1) is 17.7 Å². The molecule has 5 atom stereocenters. The molecule has 2 aromatic rings. The van der Waals surface area contributed by atoms with Gasteiger partial charge in [0.2, 0.25) is 0 Å². The summed E-state index contributed by atoms with van der Waals surface area (Å²) in [6, 6.07) is 11.4. The summed E-state index contributed by atoms with van der Waals surface area (Å²) < 4.78 is 19.1. The minimum absolute atomic E-state index is 0.195. The number of nitrogens with zero attached hydrogens (tertiary/aromatic N) is 1. The SMILES string of the molecule is CCOC(=O)c1cc2c3c(c1)[C@@H]1C=CC[C@@H]1[C@H](c1ccc(F)cc1)N3C[C@@H]1CC=C[C@@H]21. The number of fused-ring (bicyclic) bond motifs is 4. The number of hydrogen-bond acceptors (Lipinski definition) is 3. The van der Waals surface area contributed by atoms with Crippen molar-refractivity contribution in [2.75, 3.05) is 18.1 Å². The summed E-state index contributed by atoms with van der Waals surface area (Å²) in [6.45, 7) is 3.21. The predicted octanol–water partition coefficient (Wildman–Crippen LogP) is 5.90. The van der Waals surface area contributed by atoms with Crippen LogP contribution in [0.3, 0.4) is 0 Å². The standard InChI is InChI=1S/C27H26FNO2/c1-2-31-27(30)18-13-23-20-6-3-5-17(20)15-29-25(16-9-11-19(28)12-10-16)22-8-4-7-21(22)24(14-18)26(23)29/h3-4,6-7,9-14,17,20-22,25H,2,5,8,15H2,1H3/t17-,20+,21+,22-,25-/m0/s1. The van der Waals surface area contributed by atoms with Crippen LogP contribution in [-0.2, 0) is 4.74 Å². The largest absolute Gasteiger partial charge is 0.462 e. The third-order valence-electron chi connectivity index (χ3n) is 7.57. The fraction of sp³-hybridized carbons (Fsp3) is 0.370. The van der Waals surface area contributed by atoms with Gasteiger partial charge in [-0.3, -0.25) is 0 Å². The first-order valence-corrected chi connectivity index (χ1v) is 11.4. The van der Waals surface area contributed by atoms with Crippen LogP contribution in [0.4, 0.5) is 10.1 Å². The van der Waals surface area contributed by atoms with Gasteiger partial charge in [-0.25, -0.2) is 9.18 Å². The molecule has 0 fully saturated rings. The fourth-order valence-electron chi connectivity index (χ4n) is 6.35. The molecule has 2 aliphatic heterocycles. The lowest BCUT2D eigenvalue weighted by atomic mass is 9.70. The molecule has 3 nitrogen and oxygen atoms in total. The smallest absolute Gasteiger partial charge is 0.338 e. The second-order valence-electron chi connectivity index (χ2n) is 9.18. The van der Waals surface area contributed by atoms with E-state index < -0.39 is 0 Å². The van der Waals surface area contributed by atoms with E-state index in [1.165, 1.54) is 22.4 Å². The Morgan fingerprint density at radius 2 is 1.77 bits per heavy atom. The van der Waals surface area contributed by atoms with Crippen LogP contribution in [0.15, 0.2) is 60.7 Å². The van der Waals surface area contributed by atoms with Gasteiger partial charge < -0.3 is 9.64 Å². The molecule has 2 aliphatic carbocycles. The van der Waals surface area contributed by atoms with Crippen molar-refractivity contribution >= 4 is 11.7 Å². The average molecular weight is 416 g/mol. The van der Waals surface area contributed by atoms with Crippen LogP contribution in [0.25, 0.3) is 0 Å². The molecule has 0 aromatic heterocycles. The van der Waals surface area contributed by atoms with Gasteiger partial charge in [0.15, 0.2) is 0 Å². The van der Waals surface area contributed by atoms with Crippen molar-refractivity contribution in [3.8, 4) is 0 Å². The molecule has 0 spiro atoms. The average Bonchev–Trinajstić information content (AvgIpc) is 3.44. The number of carbonyl (C=O) groups is 1. The number of allylic oxidation sites excluding steroid dienone is 4. The van der Waals surface area contributed by atoms with E-state index in [2.05, 4.69) is 41.3 Å². The number of esters is 1. The Bertz CT molecular complexity index is 1090. The first-order valence-electron chi connectivity index (χ1n) is 11.4. The Morgan fingerprint density at radius 1 is 1.06 bits per heavy atom. The molecule has 31 heavy (non-hydrogen) atoms. The van der Waals surface area contributed by atoms with E-state index in [0.717, 1.165) is 19.4 Å². The molecule has 2 heterocycles. The quantitative estimate of drug-likeness (QED) is 0.462. The molecule has 2 aromatic carbocycles. The summed E-state index contributed by atoms with van der Waals surface area (Å²) in [5.74, 6) is 1.06.